The van der Waals surface area contributed by atoms with Crippen molar-refractivity contribution in [1.29, 1.82) is 0 Å². The molecule has 0 spiro atoms. The first-order chi connectivity index (χ1) is 9.65. The maximum Gasteiger partial charge on any atom is 0.0919 e. The average molecular weight is 276 g/mol. The van der Waals surface area contributed by atoms with E-state index in [9.17, 15) is 5.11 Å². The van der Waals surface area contributed by atoms with Crippen LogP contribution < -0.4 is 0 Å². The van der Waals surface area contributed by atoms with E-state index in [1.54, 1.807) is 0 Å². The minimum absolute atomic E-state index is 0.369. The van der Waals surface area contributed by atoms with E-state index in [1.165, 1.54) is 12.0 Å². The van der Waals surface area contributed by atoms with Crippen molar-refractivity contribution in [2.75, 3.05) is 32.7 Å². The molecular formula is C17H28N2O. The van der Waals surface area contributed by atoms with Gasteiger partial charge in [-0.05, 0) is 44.1 Å². The Morgan fingerprint density at radius 1 is 1.30 bits per heavy atom. The third-order valence-electron chi connectivity index (χ3n) is 4.55. The van der Waals surface area contributed by atoms with Gasteiger partial charge in [0.05, 0.1) is 6.10 Å². The normalized spacial score (nSPS) is 21.6. The van der Waals surface area contributed by atoms with Crippen LogP contribution in [0.2, 0.25) is 0 Å². The Bertz CT molecular complexity index is 417. The Morgan fingerprint density at radius 3 is 2.65 bits per heavy atom. The lowest BCUT2D eigenvalue weighted by molar-refractivity contribution is 0.119. The summed E-state index contributed by atoms with van der Waals surface area (Å²) in [5.74, 6) is 0. The van der Waals surface area contributed by atoms with E-state index in [2.05, 4.69) is 36.6 Å². The fraction of sp³-hybridized carbons (Fsp3) is 0.647. The zero-order chi connectivity index (χ0) is 14.5. The number of benzene rings is 1. The van der Waals surface area contributed by atoms with Crippen LogP contribution in [0.1, 0.15) is 37.5 Å². The van der Waals surface area contributed by atoms with E-state index >= 15 is 0 Å². The third kappa shape index (κ3) is 3.60. The second kappa shape index (κ2) is 7.21. The molecule has 1 saturated heterocycles. The number of aryl methyl sites for hydroxylation is 1. The second-order valence-electron chi connectivity index (χ2n) is 5.80. The number of nitrogens with zero attached hydrogens (tertiary/aromatic N) is 2. The molecule has 0 aliphatic carbocycles. The summed E-state index contributed by atoms with van der Waals surface area (Å²) in [7, 11) is 0. The number of rotatable bonds is 6. The highest BCUT2D eigenvalue weighted by molar-refractivity contribution is 5.27. The quantitative estimate of drug-likeness (QED) is 0.864. The smallest absolute Gasteiger partial charge is 0.0919 e. The molecule has 2 unspecified atom stereocenters. The minimum Gasteiger partial charge on any atom is -0.387 e. The lowest BCUT2D eigenvalue weighted by Crippen LogP contribution is -2.38. The molecule has 3 nitrogen and oxygen atoms in total. The molecule has 1 fully saturated rings. The van der Waals surface area contributed by atoms with E-state index in [4.69, 9.17) is 0 Å². The highest BCUT2D eigenvalue weighted by Crippen LogP contribution is 2.22. The number of hydrogen-bond acceptors (Lipinski definition) is 3. The van der Waals surface area contributed by atoms with E-state index in [1.807, 2.05) is 18.2 Å². The maximum atomic E-state index is 10.4. The molecule has 2 rings (SSSR count). The van der Waals surface area contributed by atoms with Crippen molar-refractivity contribution in [3.8, 4) is 0 Å². The Hall–Kier alpha value is -0.900. The summed E-state index contributed by atoms with van der Waals surface area (Å²) in [6, 6.07) is 8.81. The van der Waals surface area contributed by atoms with Crippen molar-refractivity contribution >= 4 is 0 Å². The highest BCUT2D eigenvalue weighted by Gasteiger charge is 2.27. The summed E-state index contributed by atoms with van der Waals surface area (Å²) < 4.78 is 0. The van der Waals surface area contributed by atoms with Crippen molar-refractivity contribution < 1.29 is 5.11 Å². The standard InChI is InChI=1S/C17H28N2O/c1-4-19(5-2)15-10-11-18(12-15)13-17(20)16-9-7-6-8-14(16)3/h6-9,15,17,20H,4-5,10-13H2,1-3H3. The number of aliphatic hydroxyl groups excluding tert-OH is 1. The van der Waals surface area contributed by atoms with Gasteiger partial charge in [0, 0.05) is 19.1 Å². The first-order valence-corrected chi connectivity index (χ1v) is 7.85. The number of aliphatic hydroxyl groups is 1. The lowest BCUT2D eigenvalue weighted by atomic mass is 10.0. The fourth-order valence-electron chi connectivity index (χ4n) is 3.32. The van der Waals surface area contributed by atoms with E-state index in [-0.39, 0.29) is 6.10 Å². The van der Waals surface area contributed by atoms with E-state index < -0.39 is 0 Å². The zero-order valence-electron chi connectivity index (χ0n) is 13.0. The SMILES string of the molecule is CCN(CC)C1CCN(CC(O)c2ccccc2C)C1. The van der Waals surface area contributed by atoms with Gasteiger partial charge in [0.1, 0.15) is 0 Å². The van der Waals surface area contributed by atoms with Gasteiger partial charge in [-0.2, -0.15) is 0 Å². The Kier molecular flexibility index (Phi) is 5.58. The Balaban J connectivity index is 1.90. The summed E-state index contributed by atoms with van der Waals surface area (Å²) in [5.41, 5.74) is 2.25. The number of hydrogen-bond donors (Lipinski definition) is 1. The maximum absolute atomic E-state index is 10.4. The molecule has 20 heavy (non-hydrogen) atoms. The molecule has 0 bridgehead atoms. The van der Waals surface area contributed by atoms with Gasteiger partial charge in [-0.1, -0.05) is 38.1 Å². The van der Waals surface area contributed by atoms with E-state index in [0.29, 0.717) is 6.04 Å². The molecule has 1 aliphatic heterocycles. The van der Waals surface area contributed by atoms with Crippen molar-refractivity contribution in [1.82, 2.24) is 9.80 Å². The number of likely N-dealkylation sites (tertiary alicyclic amines) is 1. The molecule has 0 radical (unpaired) electrons. The van der Waals surface area contributed by atoms with Gasteiger partial charge < -0.3 is 5.11 Å². The fourth-order valence-corrected chi connectivity index (χ4v) is 3.32. The number of β-amino-alcohol motifs (C(OH)–C–C–N with tert-alkyl or cyclic N) is 1. The molecule has 0 saturated carbocycles. The second-order valence-corrected chi connectivity index (χ2v) is 5.80. The van der Waals surface area contributed by atoms with Crippen LogP contribution in [-0.2, 0) is 0 Å². The van der Waals surface area contributed by atoms with Crippen LogP contribution >= 0.6 is 0 Å². The molecule has 1 aliphatic rings. The molecule has 0 aromatic heterocycles. The molecule has 2 atom stereocenters. The molecule has 3 heteroatoms. The van der Waals surface area contributed by atoms with Crippen LogP contribution in [0.15, 0.2) is 24.3 Å². The van der Waals surface area contributed by atoms with Crippen molar-refractivity contribution in [3.63, 3.8) is 0 Å². The van der Waals surface area contributed by atoms with Gasteiger partial charge in [0.25, 0.3) is 0 Å². The topological polar surface area (TPSA) is 26.7 Å². The molecule has 1 aromatic rings. The Morgan fingerprint density at radius 2 is 2.00 bits per heavy atom. The van der Waals surface area contributed by atoms with Crippen LogP contribution in [0.3, 0.4) is 0 Å². The average Bonchev–Trinajstić information content (AvgIpc) is 2.89. The first-order valence-electron chi connectivity index (χ1n) is 7.85. The molecule has 112 valence electrons. The molecule has 1 aromatic carbocycles. The summed E-state index contributed by atoms with van der Waals surface area (Å²) in [5, 5.41) is 10.4. The first kappa shape index (κ1) is 15.5. The van der Waals surface area contributed by atoms with Crippen molar-refractivity contribution in [3.05, 3.63) is 35.4 Å². The molecule has 1 N–H and O–H groups in total. The van der Waals surface area contributed by atoms with Crippen molar-refractivity contribution in [2.24, 2.45) is 0 Å². The Labute approximate surface area is 123 Å². The predicted octanol–water partition coefficient (Wildman–Crippen LogP) is 2.44. The van der Waals surface area contributed by atoms with Gasteiger partial charge in [-0.3, -0.25) is 9.80 Å². The van der Waals surface area contributed by atoms with Gasteiger partial charge in [0.2, 0.25) is 0 Å². The summed E-state index contributed by atoms with van der Waals surface area (Å²) in [4.78, 5) is 4.93. The van der Waals surface area contributed by atoms with Gasteiger partial charge in [-0.15, -0.1) is 0 Å². The van der Waals surface area contributed by atoms with Gasteiger partial charge >= 0.3 is 0 Å². The highest BCUT2D eigenvalue weighted by atomic mass is 16.3. The van der Waals surface area contributed by atoms with Crippen LogP contribution in [0, 0.1) is 6.92 Å². The lowest BCUT2D eigenvalue weighted by Gasteiger charge is -2.27. The predicted molar refractivity (Wildman–Crippen MR) is 83.9 cm³/mol. The summed E-state index contributed by atoms with van der Waals surface area (Å²) in [6.07, 6.45) is 0.856. The van der Waals surface area contributed by atoms with Crippen LogP contribution in [-0.4, -0.2) is 53.7 Å². The molecule has 1 heterocycles. The third-order valence-corrected chi connectivity index (χ3v) is 4.55. The summed E-state index contributed by atoms with van der Waals surface area (Å²) >= 11 is 0. The molecular weight excluding hydrogens is 248 g/mol. The van der Waals surface area contributed by atoms with Crippen LogP contribution in [0.25, 0.3) is 0 Å². The van der Waals surface area contributed by atoms with Crippen molar-refractivity contribution in [2.45, 2.75) is 39.3 Å². The van der Waals surface area contributed by atoms with Gasteiger partial charge in [0.15, 0.2) is 0 Å². The minimum atomic E-state index is -0.369. The van der Waals surface area contributed by atoms with Crippen LogP contribution in [0.5, 0.6) is 0 Å². The number of likely N-dealkylation sites (N-methyl/N-ethyl adjacent to an activating group) is 1. The van der Waals surface area contributed by atoms with E-state index in [0.717, 1.165) is 38.3 Å². The van der Waals surface area contributed by atoms with Crippen LogP contribution in [0.4, 0.5) is 0 Å². The largest absolute Gasteiger partial charge is 0.387 e. The van der Waals surface area contributed by atoms with Gasteiger partial charge in [-0.25, -0.2) is 0 Å². The zero-order valence-corrected chi connectivity index (χ0v) is 13.0. The summed E-state index contributed by atoms with van der Waals surface area (Å²) in [6.45, 7) is 11.7. The monoisotopic (exact) mass is 276 g/mol. The molecule has 0 amide bonds.